The van der Waals surface area contributed by atoms with Crippen LogP contribution in [0.4, 0.5) is 4.79 Å². The molecule has 24 heavy (non-hydrogen) atoms. The first-order chi connectivity index (χ1) is 11.0. The van der Waals surface area contributed by atoms with Crippen LogP contribution in [0.2, 0.25) is 10.0 Å². The molecule has 2 atom stereocenters. The number of halogens is 2. The molecule has 2 unspecified atom stereocenters. The molecule has 0 aromatic heterocycles. The lowest BCUT2D eigenvalue weighted by atomic mass is 10.1. The Bertz CT molecular complexity index is 602. The zero-order chi connectivity index (χ0) is 18.5. The number of ether oxygens (including phenoxy) is 1. The molecule has 8 heteroatoms. The predicted octanol–water partition coefficient (Wildman–Crippen LogP) is 3.06. The summed E-state index contributed by atoms with van der Waals surface area (Å²) in [5, 5.41) is 15.4. The molecular weight excluding hydrogens is 355 g/mol. The summed E-state index contributed by atoms with van der Waals surface area (Å²) in [5.41, 5.74) is -0.133. The van der Waals surface area contributed by atoms with Crippen LogP contribution in [0.5, 0.6) is 0 Å². The smallest absolute Gasteiger partial charge is 0.408 e. The Morgan fingerprint density at radius 3 is 2.38 bits per heavy atom. The van der Waals surface area contributed by atoms with Crippen LogP contribution >= 0.6 is 23.2 Å². The van der Waals surface area contributed by atoms with E-state index < -0.39 is 29.7 Å². The van der Waals surface area contributed by atoms with Gasteiger partial charge in [0.15, 0.2) is 0 Å². The lowest BCUT2D eigenvalue weighted by Gasteiger charge is -2.23. The van der Waals surface area contributed by atoms with E-state index in [9.17, 15) is 14.7 Å². The molecule has 0 fully saturated rings. The molecule has 6 nitrogen and oxygen atoms in total. The zero-order valence-electron chi connectivity index (χ0n) is 14.0. The molecule has 1 aromatic carbocycles. The first kappa shape index (κ1) is 20.5. The van der Waals surface area contributed by atoms with Gasteiger partial charge in [-0.2, -0.15) is 0 Å². The quantitative estimate of drug-likeness (QED) is 0.736. The van der Waals surface area contributed by atoms with Crippen LogP contribution in [0.25, 0.3) is 0 Å². The summed E-state index contributed by atoms with van der Waals surface area (Å²) < 4.78 is 5.09. The number of hydrogen-bond acceptors (Lipinski definition) is 4. The van der Waals surface area contributed by atoms with Gasteiger partial charge in [0, 0.05) is 10.0 Å². The fourth-order valence-electron chi connectivity index (χ4n) is 1.85. The molecule has 0 saturated carbocycles. The van der Waals surface area contributed by atoms with Crippen LogP contribution < -0.4 is 10.6 Å². The average Bonchev–Trinajstić information content (AvgIpc) is 2.42. The van der Waals surface area contributed by atoms with Crippen molar-refractivity contribution in [1.82, 2.24) is 10.6 Å². The number of amides is 2. The van der Waals surface area contributed by atoms with Crippen LogP contribution in [0.15, 0.2) is 18.2 Å². The molecule has 3 N–H and O–H groups in total. The van der Waals surface area contributed by atoms with Crippen LogP contribution in [-0.4, -0.2) is 35.4 Å². The van der Waals surface area contributed by atoms with Crippen LogP contribution in [0.3, 0.4) is 0 Å². The van der Waals surface area contributed by atoms with Gasteiger partial charge in [-0.25, -0.2) is 4.79 Å². The molecule has 134 valence electrons. The number of nitrogens with one attached hydrogen (secondary N) is 2. The first-order valence-electron chi connectivity index (χ1n) is 7.39. The van der Waals surface area contributed by atoms with E-state index >= 15 is 0 Å². The number of aliphatic hydroxyl groups is 1. The highest BCUT2D eigenvalue weighted by atomic mass is 35.5. The fraction of sp³-hybridized carbons (Fsp3) is 0.500. The molecular formula is C16H22Cl2N2O4. The van der Waals surface area contributed by atoms with Gasteiger partial charge in [-0.1, -0.05) is 29.3 Å². The molecule has 0 aliphatic carbocycles. The van der Waals surface area contributed by atoms with Crippen molar-refractivity contribution >= 4 is 35.2 Å². The number of carbonyl (C=O) groups excluding carboxylic acids is 2. The van der Waals surface area contributed by atoms with Gasteiger partial charge in [0.2, 0.25) is 5.91 Å². The van der Waals surface area contributed by atoms with Gasteiger partial charge in [-0.3, -0.25) is 4.79 Å². The van der Waals surface area contributed by atoms with Crippen LogP contribution in [0.1, 0.15) is 39.3 Å². The minimum Gasteiger partial charge on any atom is -0.444 e. The summed E-state index contributed by atoms with van der Waals surface area (Å²) in [6.07, 6.45) is -0.699. The molecule has 0 aliphatic rings. The third-order valence-electron chi connectivity index (χ3n) is 2.96. The monoisotopic (exact) mass is 376 g/mol. The number of aliphatic hydroxyl groups excluding tert-OH is 1. The minimum atomic E-state index is -0.847. The third-order valence-corrected chi connectivity index (χ3v) is 3.53. The van der Waals surface area contributed by atoms with E-state index in [1.165, 1.54) is 13.0 Å². The lowest BCUT2D eigenvalue weighted by Crippen LogP contribution is -2.47. The summed E-state index contributed by atoms with van der Waals surface area (Å²) in [5.74, 6) is -0.481. The molecule has 0 aliphatic heterocycles. The van der Waals surface area contributed by atoms with Gasteiger partial charge in [0.1, 0.15) is 11.6 Å². The van der Waals surface area contributed by atoms with Gasteiger partial charge in [-0.05, 0) is 45.4 Å². The van der Waals surface area contributed by atoms with Crippen molar-refractivity contribution in [3.05, 3.63) is 33.8 Å². The highest BCUT2D eigenvalue weighted by Crippen LogP contribution is 2.26. The van der Waals surface area contributed by atoms with Crippen molar-refractivity contribution in [2.75, 3.05) is 6.61 Å². The van der Waals surface area contributed by atoms with E-state index in [4.69, 9.17) is 27.9 Å². The number of alkyl carbamates (subject to hydrolysis) is 1. The molecule has 2 amide bonds. The zero-order valence-corrected chi connectivity index (χ0v) is 15.5. The average molecular weight is 377 g/mol. The summed E-state index contributed by atoms with van der Waals surface area (Å²) >= 11 is 11.9. The van der Waals surface area contributed by atoms with Crippen LogP contribution in [-0.2, 0) is 9.53 Å². The maximum atomic E-state index is 12.2. The maximum absolute atomic E-state index is 12.2. The summed E-state index contributed by atoms with van der Waals surface area (Å²) in [4.78, 5) is 23.9. The third kappa shape index (κ3) is 6.55. The molecule has 0 saturated heterocycles. The first-order valence-corrected chi connectivity index (χ1v) is 8.14. The molecule has 0 radical (unpaired) electrons. The Morgan fingerprint density at radius 2 is 1.88 bits per heavy atom. The number of rotatable bonds is 5. The van der Waals surface area contributed by atoms with Crippen molar-refractivity contribution in [1.29, 1.82) is 0 Å². The van der Waals surface area contributed by atoms with E-state index in [-0.39, 0.29) is 6.61 Å². The summed E-state index contributed by atoms with van der Waals surface area (Å²) in [7, 11) is 0. The normalized spacial score (nSPS) is 13.8. The van der Waals surface area contributed by atoms with Gasteiger partial charge in [-0.15, -0.1) is 0 Å². The maximum Gasteiger partial charge on any atom is 0.408 e. The van der Waals surface area contributed by atoms with E-state index in [1.807, 2.05) is 0 Å². The van der Waals surface area contributed by atoms with E-state index in [0.717, 1.165) is 0 Å². The highest BCUT2D eigenvalue weighted by molar-refractivity contribution is 6.35. The Balaban J connectivity index is 2.71. The number of carbonyl (C=O) groups is 2. The van der Waals surface area contributed by atoms with Gasteiger partial charge >= 0.3 is 6.09 Å². The lowest BCUT2D eigenvalue weighted by molar-refractivity contribution is -0.123. The molecule has 0 bridgehead atoms. The standard InChI is InChI=1S/C16H22Cl2N2O4/c1-9(19-15(23)24-16(2,3)4)14(22)20-13(8-21)11-6-5-10(17)7-12(11)18/h5-7,9,13,21H,8H2,1-4H3,(H,19,23)(H,20,22). The Hall–Kier alpha value is -1.50. The Labute approximate surface area is 151 Å². The molecule has 0 heterocycles. The second kappa shape index (κ2) is 8.55. The Morgan fingerprint density at radius 1 is 1.25 bits per heavy atom. The van der Waals surface area contributed by atoms with E-state index in [2.05, 4.69) is 10.6 Å². The van der Waals surface area contributed by atoms with Gasteiger partial charge < -0.3 is 20.5 Å². The van der Waals surface area contributed by atoms with Crippen molar-refractivity contribution in [2.45, 2.75) is 45.4 Å². The second-order valence-corrected chi connectivity index (χ2v) is 7.12. The van der Waals surface area contributed by atoms with Gasteiger partial charge in [0.05, 0.1) is 12.6 Å². The SMILES string of the molecule is CC(NC(=O)OC(C)(C)C)C(=O)NC(CO)c1ccc(Cl)cc1Cl. The summed E-state index contributed by atoms with van der Waals surface area (Å²) in [6.45, 7) is 6.33. The van der Waals surface area contributed by atoms with Crippen molar-refractivity contribution in [2.24, 2.45) is 0 Å². The van der Waals surface area contributed by atoms with Crippen LogP contribution in [0, 0.1) is 0 Å². The van der Waals surface area contributed by atoms with E-state index in [0.29, 0.717) is 15.6 Å². The summed E-state index contributed by atoms with van der Waals surface area (Å²) in [6, 6.07) is 3.19. The Kier molecular flexibility index (Phi) is 7.32. The number of benzene rings is 1. The van der Waals surface area contributed by atoms with Crippen molar-refractivity contribution in [3.8, 4) is 0 Å². The topological polar surface area (TPSA) is 87.7 Å². The molecule has 1 rings (SSSR count). The molecule has 0 spiro atoms. The largest absolute Gasteiger partial charge is 0.444 e. The molecule has 1 aromatic rings. The van der Waals surface area contributed by atoms with Gasteiger partial charge in [0.25, 0.3) is 0 Å². The minimum absolute atomic E-state index is 0.328. The van der Waals surface area contributed by atoms with Crippen molar-refractivity contribution in [3.63, 3.8) is 0 Å². The van der Waals surface area contributed by atoms with Crippen molar-refractivity contribution < 1.29 is 19.4 Å². The predicted molar refractivity (Wildman–Crippen MR) is 93.3 cm³/mol. The second-order valence-electron chi connectivity index (χ2n) is 6.28. The fourth-order valence-corrected chi connectivity index (χ4v) is 2.39. The number of hydrogen-bond donors (Lipinski definition) is 3. The highest BCUT2D eigenvalue weighted by Gasteiger charge is 2.24. The van der Waals surface area contributed by atoms with E-state index in [1.54, 1.807) is 32.9 Å².